The summed E-state index contributed by atoms with van der Waals surface area (Å²) >= 11 is 0. The Labute approximate surface area is 142 Å². The first-order valence-electron chi connectivity index (χ1n) is 8.36. The molecule has 24 heavy (non-hydrogen) atoms. The van der Waals surface area contributed by atoms with Gasteiger partial charge >= 0.3 is 0 Å². The monoisotopic (exact) mass is 322 g/mol. The molecular weight excluding hydrogens is 300 g/mol. The van der Waals surface area contributed by atoms with Crippen molar-refractivity contribution in [3.8, 4) is 5.75 Å². The number of hydrogen-bond donors (Lipinski definition) is 0. The van der Waals surface area contributed by atoms with Crippen LogP contribution >= 0.6 is 0 Å². The average molecular weight is 322 g/mol. The largest absolute Gasteiger partial charge is 0.492 e. The van der Waals surface area contributed by atoms with Crippen LogP contribution in [0.1, 0.15) is 42.4 Å². The Morgan fingerprint density at radius 1 is 1.17 bits per heavy atom. The Morgan fingerprint density at radius 2 is 1.92 bits per heavy atom. The first-order chi connectivity index (χ1) is 11.7. The SMILES string of the molecule is CCC(C)c1ccc(OCCn2c(C=O)nc3ccccc32)cc1. The van der Waals surface area contributed by atoms with E-state index in [1.165, 1.54) is 5.56 Å². The molecule has 0 aliphatic carbocycles. The number of benzene rings is 2. The van der Waals surface area contributed by atoms with Crippen molar-refractivity contribution in [1.29, 1.82) is 0 Å². The van der Waals surface area contributed by atoms with E-state index in [2.05, 4.69) is 31.0 Å². The van der Waals surface area contributed by atoms with E-state index in [0.717, 1.165) is 29.5 Å². The maximum absolute atomic E-state index is 11.2. The van der Waals surface area contributed by atoms with Gasteiger partial charge in [-0.05, 0) is 42.2 Å². The van der Waals surface area contributed by atoms with E-state index in [1.54, 1.807) is 0 Å². The molecule has 0 fully saturated rings. The van der Waals surface area contributed by atoms with E-state index in [4.69, 9.17) is 4.74 Å². The third kappa shape index (κ3) is 3.32. The molecule has 0 bridgehead atoms. The van der Waals surface area contributed by atoms with Crippen molar-refractivity contribution in [2.45, 2.75) is 32.7 Å². The summed E-state index contributed by atoms with van der Waals surface area (Å²) in [5.41, 5.74) is 3.11. The Hall–Kier alpha value is -2.62. The molecule has 0 saturated carbocycles. The highest BCUT2D eigenvalue weighted by Gasteiger charge is 2.09. The van der Waals surface area contributed by atoms with Gasteiger partial charge in [-0.15, -0.1) is 0 Å². The zero-order valence-corrected chi connectivity index (χ0v) is 14.1. The van der Waals surface area contributed by atoms with Crippen molar-refractivity contribution < 1.29 is 9.53 Å². The Kier molecular flexibility index (Phi) is 4.94. The van der Waals surface area contributed by atoms with Crippen molar-refractivity contribution in [3.05, 3.63) is 59.9 Å². The highest BCUT2D eigenvalue weighted by molar-refractivity contribution is 5.82. The fourth-order valence-electron chi connectivity index (χ4n) is 2.80. The van der Waals surface area contributed by atoms with E-state index < -0.39 is 0 Å². The molecule has 0 radical (unpaired) electrons. The molecule has 1 aromatic heterocycles. The summed E-state index contributed by atoms with van der Waals surface area (Å²) in [5.74, 6) is 1.84. The summed E-state index contributed by atoms with van der Waals surface area (Å²) in [6, 6.07) is 16.0. The number of hydrogen-bond acceptors (Lipinski definition) is 3. The van der Waals surface area contributed by atoms with Crippen LogP contribution in [0.2, 0.25) is 0 Å². The molecule has 3 rings (SSSR count). The highest BCUT2D eigenvalue weighted by Crippen LogP contribution is 2.21. The predicted octanol–water partition coefficient (Wildman–Crippen LogP) is 4.44. The van der Waals surface area contributed by atoms with Gasteiger partial charge in [0, 0.05) is 0 Å². The summed E-state index contributed by atoms with van der Waals surface area (Å²) in [6.07, 6.45) is 1.92. The van der Waals surface area contributed by atoms with E-state index in [1.807, 2.05) is 41.0 Å². The first kappa shape index (κ1) is 16.2. The summed E-state index contributed by atoms with van der Waals surface area (Å²) in [4.78, 5) is 15.6. The third-order valence-electron chi connectivity index (χ3n) is 4.43. The van der Waals surface area contributed by atoms with Gasteiger partial charge in [-0.3, -0.25) is 4.79 Å². The summed E-state index contributed by atoms with van der Waals surface area (Å²) < 4.78 is 7.73. The van der Waals surface area contributed by atoms with Crippen LogP contribution in [0.15, 0.2) is 48.5 Å². The zero-order valence-electron chi connectivity index (χ0n) is 14.1. The van der Waals surface area contributed by atoms with Crippen molar-refractivity contribution in [2.24, 2.45) is 0 Å². The molecule has 124 valence electrons. The van der Waals surface area contributed by atoms with E-state index >= 15 is 0 Å². The van der Waals surface area contributed by atoms with Crippen LogP contribution in [0.3, 0.4) is 0 Å². The molecule has 0 aliphatic heterocycles. The minimum atomic E-state index is 0.437. The van der Waals surface area contributed by atoms with Crippen LogP contribution in [0, 0.1) is 0 Å². The Morgan fingerprint density at radius 3 is 2.62 bits per heavy atom. The summed E-state index contributed by atoms with van der Waals surface area (Å²) in [7, 11) is 0. The van der Waals surface area contributed by atoms with Crippen molar-refractivity contribution >= 4 is 17.3 Å². The number of nitrogens with zero attached hydrogens (tertiary/aromatic N) is 2. The quantitative estimate of drug-likeness (QED) is 0.604. The molecule has 0 saturated heterocycles. The van der Waals surface area contributed by atoms with Gasteiger partial charge in [-0.25, -0.2) is 4.98 Å². The second-order valence-corrected chi connectivity index (χ2v) is 5.95. The van der Waals surface area contributed by atoms with Crippen molar-refractivity contribution in [3.63, 3.8) is 0 Å². The standard InChI is InChI=1S/C20H22N2O2/c1-3-15(2)16-8-10-17(11-9-16)24-13-12-22-19-7-5-4-6-18(19)21-20(22)14-23/h4-11,14-15H,3,12-13H2,1-2H3. The van der Waals surface area contributed by atoms with Crippen LogP contribution in [0.25, 0.3) is 11.0 Å². The molecule has 0 amide bonds. The van der Waals surface area contributed by atoms with Crippen molar-refractivity contribution in [1.82, 2.24) is 9.55 Å². The number of aromatic nitrogens is 2. The van der Waals surface area contributed by atoms with Gasteiger partial charge in [0.1, 0.15) is 12.4 Å². The third-order valence-corrected chi connectivity index (χ3v) is 4.43. The van der Waals surface area contributed by atoms with Crippen LogP contribution in [0.5, 0.6) is 5.75 Å². The molecule has 4 heteroatoms. The minimum Gasteiger partial charge on any atom is -0.492 e. The summed E-state index contributed by atoms with van der Waals surface area (Å²) in [6.45, 7) is 5.49. The lowest BCUT2D eigenvalue weighted by Crippen LogP contribution is -2.10. The smallest absolute Gasteiger partial charge is 0.185 e. The van der Waals surface area contributed by atoms with Crippen LogP contribution < -0.4 is 4.74 Å². The lowest BCUT2D eigenvalue weighted by Gasteiger charge is -2.11. The average Bonchev–Trinajstić information content (AvgIpc) is 2.99. The number of para-hydroxylation sites is 2. The van der Waals surface area contributed by atoms with Gasteiger partial charge in [0.05, 0.1) is 17.6 Å². The second-order valence-electron chi connectivity index (χ2n) is 5.95. The molecule has 2 aromatic carbocycles. The van der Waals surface area contributed by atoms with Gasteiger partial charge in [-0.2, -0.15) is 0 Å². The molecule has 0 spiro atoms. The van der Waals surface area contributed by atoms with E-state index in [-0.39, 0.29) is 0 Å². The second kappa shape index (κ2) is 7.30. The molecule has 0 N–H and O–H groups in total. The molecule has 1 heterocycles. The number of ether oxygens (including phenoxy) is 1. The van der Waals surface area contributed by atoms with Crippen molar-refractivity contribution in [2.75, 3.05) is 6.61 Å². The molecule has 4 nitrogen and oxygen atoms in total. The fourth-order valence-corrected chi connectivity index (χ4v) is 2.80. The highest BCUT2D eigenvalue weighted by atomic mass is 16.5. The Balaban J connectivity index is 1.67. The van der Waals surface area contributed by atoms with Gasteiger partial charge in [0.2, 0.25) is 0 Å². The molecule has 0 aliphatic rings. The summed E-state index contributed by atoms with van der Waals surface area (Å²) in [5, 5.41) is 0. The number of rotatable bonds is 7. The fraction of sp³-hybridized carbons (Fsp3) is 0.300. The van der Waals surface area contributed by atoms with Gasteiger partial charge in [0.15, 0.2) is 12.1 Å². The zero-order chi connectivity index (χ0) is 16.9. The molecular formula is C20H22N2O2. The lowest BCUT2D eigenvalue weighted by atomic mass is 9.99. The Bertz CT molecular complexity index is 821. The molecule has 3 aromatic rings. The first-order valence-corrected chi connectivity index (χ1v) is 8.36. The normalized spacial score (nSPS) is 12.2. The van der Waals surface area contributed by atoms with Crippen LogP contribution in [-0.4, -0.2) is 22.4 Å². The van der Waals surface area contributed by atoms with Gasteiger partial charge < -0.3 is 9.30 Å². The topological polar surface area (TPSA) is 44.1 Å². The van der Waals surface area contributed by atoms with E-state index in [0.29, 0.717) is 24.9 Å². The molecule has 1 atom stereocenters. The predicted molar refractivity (Wildman–Crippen MR) is 95.8 cm³/mol. The van der Waals surface area contributed by atoms with Gasteiger partial charge in [0.25, 0.3) is 0 Å². The minimum absolute atomic E-state index is 0.437. The van der Waals surface area contributed by atoms with Gasteiger partial charge in [-0.1, -0.05) is 38.1 Å². The van der Waals surface area contributed by atoms with E-state index in [9.17, 15) is 4.79 Å². The van der Waals surface area contributed by atoms with Crippen LogP contribution in [-0.2, 0) is 6.54 Å². The number of carbonyl (C=O) groups is 1. The van der Waals surface area contributed by atoms with Crippen LogP contribution in [0.4, 0.5) is 0 Å². The lowest BCUT2D eigenvalue weighted by molar-refractivity contribution is 0.111. The number of aldehydes is 1. The molecule has 1 unspecified atom stereocenters. The maximum Gasteiger partial charge on any atom is 0.185 e. The number of carbonyl (C=O) groups excluding carboxylic acids is 1. The maximum atomic E-state index is 11.2. The number of imidazole rings is 1. The number of fused-ring (bicyclic) bond motifs is 1.